The third-order valence-corrected chi connectivity index (χ3v) is 6.21. The lowest BCUT2D eigenvalue weighted by atomic mass is 9.90. The molecule has 0 aliphatic rings. The second-order valence-electron chi connectivity index (χ2n) is 8.84. The van der Waals surface area contributed by atoms with Gasteiger partial charge in [-0.1, -0.05) is 72.8 Å². The molecule has 0 atom stereocenters. The molecule has 7 nitrogen and oxygen atoms in total. The van der Waals surface area contributed by atoms with E-state index in [1.807, 2.05) is 92.7 Å². The van der Waals surface area contributed by atoms with Gasteiger partial charge in [-0.3, -0.25) is 14.6 Å². The van der Waals surface area contributed by atoms with Gasteiger partial charge in [0.05, 0.1) is 12.5 Å². The maximum absolute atomic E-state index is 13.5. The van der Waals surface area contributed by atoms with Gasteiger partial charge in [0.25, 0.3) is 5.91 Å². The Kier molecular flexibility index (Phi) is 9.56. The van der Waals surface area contributed by atoms with Gasteiger partial charge in [-0.05, 0) is 55.3 Å². The summed E-state index contributed by atoms with van der Waals surface area (Å²) in [5, 5.41) is 5.92. The molecule has 0 saturated heterocycles. The van der Waals surface area contributed by atoms with E-state index in [0.29, 0.717) is 30.2 Å². The Balaban J connectivity index is 1.51. The van der Waals surface area contributed by atoms with Crippen LogP contribution < -0.4 is 10.6 Å². The van der Waals surface area contributed by atoms with Gasteiger partial charge in [0.15, 0.2) is 0 Å². The van der Waals surface area contributed by atoms with Crippen molar-refractivity contribution in [3.8, 4) is 0 Å². The standard InChI is InChI=1S/C32H33N3O4/c1-3-38-32(39-4-2,28-20-11-12-21-33-28)23-34-30(36)26-18-13-19-27(22-26)35-31(37)29(24-14-7-5-8-15-24)25-16-9-6-10-17-25/h5-22,29H,3-4,23H2,1-2H3,(H,34,36)(H,35,37). The average molecular weight is 524 g/mol. The first-order chi connectivity index (χ1) is 19.1. The van der Waals surface area contributed by atoms with Gasteiger partial charge in [-0.25, -0.2) is 0 Å². The van der Waals surface area contributed by atoms with Crippen LogP contribution in [0.25, 0.3) is 0 Å². The quantitative estimate of drug-likeness (QED) is 0.239. The number of rotatable bonds is 12. The molecule has 2 N–H and O–H groups in total. The third-order valence-electron chi connectivity index (χ3n) is 6.21. The number of nitrogens with zero attached hydrogens (tertiary/aromatic N) is 1. The minimum atomic E-state index is -1.22. The molecule has 7 heteroatoms. The summed E-state index contributed by atoms with van der Waals surface area (Å²) >= 11 is 0. The summed E-state index contributed by atoms with van der Waals surface area (Å²) in [7, 11) is 0. The Morgan fingerprint density at radius 2 is 1.41 bits per heavy atom. The summed E-state index contributed by atoms with van der Waals surface area (Å²) in [6.45, 7) is 4.53. The van der Waals surface area contributed by atoms with Gasteiger partial charge < -0.3 is 20.1 Å². The van der Waals surface area contributed by atoms with Crippen LogP contribution in [0.15, 0.2) is 109 Å². The third kappa shape index (κ3) is 6.96. The van der Waals surface area contributed by atoms with E-state index in [9.17, 15) is 9.59 Å². The molecule has 0 aliphatic heterocycles. The number of anilines is 1. The van der Waals surface area contributed by atoms with Crippen molar-refractivity contribution in [3.05, 3.63) is 132 Å². The molecule has 2 amide bonds. The highest BCUT2D eigenvalue weighted by molar-refractivity contribution is 6.00. The van der Waals surface area contributed by atoms with E-state index < -0.39 is 11.7 Å². The molecule has 0 radical (unpaired) electrons. The Labute approximate surface area is 229 Å². The van der Waals surface area contributed by atoms with Crippen molar-refractivity contribution in [1.82, 2.24) is 10.3 Å². The van der Waals surface area contributed by atoms with Crippen LogP contribution in [0, 0.1) is 0 Å². The molecule has 4 rings (SSSR count). The summed E-state index contributed by atoms with van der Waals surface area (Å²) in [5.41, 5.74) is 3.25. The van der Waals surface area contributed by atoms with Gasteiger partial charge >= 0.3 is 0 Å². The fraction of sp³-hybridized carbons (Fsp3) is 0.219. The van der Waals surface area contributed by atoms with Crippen molar-refractivity contribution in [2.45, 2.75) is 25.6 Å². The summed E-state index contributed by atoms with van der Waals surface area (Å²) < 4.78 is 11.9. The Morgan fingerprint density at radius 3 is 1.97 bits per heavy atom. The van der Waals surface area contributed by atoms with Crippen LogP contribution in [0.2, 0.25) is 0 Å². The minimum absolute atomic E-state index is 0.0607. The smallest absolute Gasteiger partial charge is 0.251 e. The molecule has 3 aromatic carbocycles. The number of amides is 2. The molecule has 1 heterocycles. The Morgan fingerprint density at radius 1 is 0.795 bits per heavy atom. The predicted octanol–water partition coefficient (Wildman–Crippen LogP) is 5.51. The van der Waals surface area contributed by atoms with E-state index in [2.05, 4.69) is 15.6 Å². The second kappa shape index (κ2) is 13.5. The predicted molar refractivity (Wildman–Crippen MR) is 151 cm³/mol. The van der Waals surface area contributed by atoms with Crippen LogP contribution in [0.3, 0.4) is 0 Å². The number of hydrogen-bond acceptors (Lipinski definition) is 5. The maximum atomic E-state index is 13.5. The number of benzene rings is 3. The highest BCUT2D eigenvalue weighted by Crippen LogP contribution is 2.27. The molecule has 0 aliphatic carbocycles. The lowest BCUT2D eigenvalue weighted by Gasteiger charge is -2.32. The molecule has 200 valence electrons. The zero-order valence-corrected chi connectivity index (χ0v) is 22.2. The van der Waals surface area contributed by atoms with E-state index in [4.69, 9.17) is 9.47 Å². The number of pyridine rings is 1. The van der Waals surface area contributed by atoms with Gasteiger partial charge in [0, 0.05) is 30.7 Å². The first kappa shape index (κ1) is 27.7. The average Bonchev–Trinajstić information content (AvgIpc) is 2.98. The minimum Gasteiger partial charge on any atom is -0.346 e. The van der Waals surface area contributed by atoms with Gasteiger partial charge in [-0.2, -0.15) is 0 Å². The summed E-state index contributed by atoms with van der Waals surface area (Å²) in [5.74, 6) is -2.23. The zero-order valence-electron chi connectivity index (χ0n) is 22.2. The van der Waals surface area contributed by atoms with Crippen LogP contribution in [-0.4, -0.2) is 36.6 Å². The van der Waals surface area contributed by atoms with Crippen molar-refractivity contribution >= 4 is 17.5 Å². The van der Waals surface area contributed by atoms with Crippen molar-refractivity contribution in [2.24, 2.45) is 0 Å². The molecule has 0 saturated carbocycles. The van der Waals surface area contributed by atoms with Gasteiger partial charge in [0.2, 0.25) is 11.7 Å². The van der Waals surface area contributed by atoms with E-state index >= 15 is 0 Å². The molecule has 0 bridgehead atoms. The largest absolute Gasteiger partial charge is 0.346 e. The number of hydrogen-bond donors (Lipinski definition) is 2. The maximum Gasteiger partial charge on any atom is 0.251 e. The zero-order chi connectivity index (χ0) is 27.5. The molecular weight excluding hydrogens is 490 g/mol. The Bertz CT molecular complexity index is 1300. The number of nitrogens with one attached hydrogen (secondary N) is 2. The molecule has 0 unspecified atom stereocenters. The molecule has 0 fully saturated rings. The Hall–Kier alpha value is -4.33. The summed E-state index contributed by atoms with van der Waals surface area (Å²) in [6.07, 6.45) is 1.66. The van der Waals surface area contributed by atoms with Crippen molar-refractivity contribution < 1.29 is 19.1 Å². The van der Waals surface area contributed by atoms with Crippen LogP contribution in [0.4, 0.5) is 5.69 Å². The fourth-order valence-corrected chi connectivity index (χ4v) is 4.47. The van der Waals surface area contributed by atoms with Gasteiger partial charge in [-0.15, -0.1) is 0 Å². The fourth-order valence-electron chi connectivity index (χ4n) is 4.47. The lowest BCUT2D eigenvalue weighted by Crippen LogP contribution is -2.45. The molecule has 39 heavy (non-hydrogen) atoms. The van der Waals surface area contributed by atoms with Crippen molar-refractivity contribution in [2.75, 3.05) is 25.1 Å². The first-order valence-corrected chi connectivity index (χ1v) is 13.0. The van der Waals surface area contributed by atoms with Crippen LogP contribution >= 0.6 is 0 Å². The topological polar surface area (TPSA) is 89.6 Å². The normalized spacial score (nSPS) is 11.3. The monoisotopic (exact) mass is 523 g/mol. The van der Waals surface area contributed by atoms with Gasteiger partial charge in [0.1, 0.15) is 5.69 Å². The number of carbonyl (C=O) groups is 2. The number of ether oxygens (including phenoxy) is 2. The van der Waals surface area contributed by atoms with E-state index in [1.54, 1.807) is 30.5 Å². The molecular formula is C32H33N3O4. The summed E-state index contributed by atoms with van der Waals surface area (Å²) in [6, 6.07) is 31.6. The summed E-state index contributed by atoms with van der Waals surface area (Å²) in [4.78, 5) is 31.1. The molecule has 1 aromatic heterocycles. The van der Waals surface area contributed by atoms with Crippen LogP contribution in [0.5, 0.6) is 0 Å². The lowest BCUT2D eigenvalue weighted by molar-refractivity contribution is -0.240. The molecule has 0 spiro atoms. The second-order valence-corrected chi connectivity index (χ2v) is 8.84. The van der Waals surface area contributed by atoms with E-state index in [1.165, 1.54) is 0 Å². The van der Waals surface area contributed by atoms with Crippen LogP contribution in [-0.2, 0) is 20.1 Å². The highest BCUT2D eigenvalue weighted by Gasteiger charge is 2.36. The number of aromatic nitrogens is 1. The first-order valence-electron chi connectivity index (χ1n) is 13.0. The van der Waals surface area contributed by atoms with E-state index in [-0.39, 0.29) is 18.4 Å². The van der Waals surface area contributed by atoms with Crippen molar-refractivity contribution in [1.29, 1.82) is 0 Å². The SMILES string of the molecule is CCOC(CNC(=O)c1cccc(NC(=O)C(c2ccccc2)c2ccccc2)c1)(OCC)c1ccccn1. The van der Waals surface area contributed by atoms with Crippen LogP contribution in [0.1, 0.15) is 46.9 Å². The highest BCUT2D eigenvalue weighted by atomic mass is 16.7. The number of carbonyl (C=O) groups excluding carboxylic acids is 2. The van der Waals surface area contributed by atoms with E-state index in [0.717, 1.165) is 11.1 Å². The molecule has 4 aromatic rings. The van der Waals surface area contributed by atoms with Crippen molar-refractivity contribution in [3.63, 3.8) is 0 Å².